The van der Waals surface area contributed by atoms with Crippen LogP contribution in [0.1, 0.15) is 20.7 Å². The van der Waals surface area contributed by atoms with Crippen LogP contribution < -0.4 is 9.64 Å². The van der Waals surface area contributed by atoms with Gasteiger partial charge >= 0.3 is 0 Å². The highest BCUT2D eigenvalue weighted by Gasteiger charge is 2.36. The number of carbonyl (C=O) groups is 3. The van der Waals surface area contributed by atoms with Crippen molar-refractivity contribution in [2.24, 2.45) is 0 Å². The Bertz CT molecular complexity index is 1080. The van der Waals surface area contributed by atoms with Crippen LogP contribution in [-0.4, -0.2) is 47.5 Å². The number of aromatic nitrogens is 1. The molecule has 3 aromatic rings. The fraction of sp³-hybridized carbons (Fsp3) is 0.158. The van der Waals surface area contributed by atoms with Crippen LogP contribution in [0, 0.1) is 0 Å². The summed E-state index contributed by atoms with van der Waals surface area (Å²) in [6.07, 6.45) is 0. The highest BCUT2D eigenvalue weighted by molar-refractivity contribution is 6.21. The third-order valence-corrected chi connectivity index (χ3v) is 4.78. The molecule has 0 saturated heterocycles. The zero-order valence-electron chi connectivity index (χ0n) is 14.0. The number of carbonyl (C=O) groups excluding carboxylic acids is 3. The lowest BCUT2D eigenvalue weighted by Gasteiger charge is -2.21. The monoisotopic (exact) mass is 363 g/mol. The predicted octanol–water partition coefficient (Wildman–Crippen LogP) is 1.85. The third-order valence-electron chi connectivity index (χ3n) is 4.78. The molecule has 0 bridgehead atoms. The van der Waals surface area contributed by atoms with Gasteiger partial charge in [0.15, 0.2) is 18.0 Å². The highest BCUT2D eigenvalue weighted by Crippen LogP contribution is 2.36. The van der Waals surface area contributed by atoms with E-state index in [1.807, 2.05) is 0 Å². The van der Waals surface area contributed by atoms with Crippen molar-refractivity contribution in [1.82, 2.24) is 10.1 Å². The number of nitrogens with zero attached hydrogens (tertiary/aromatic N) is 3. The minimum absolute atomic E-state index is 0.0502. The third kappa shape index (κ3) is 2.23. The van der Waals surface area contributed by atoms with E-state index in [-0.39, 0.29) is 37.4 Å². The summed E-state index contributed by atoms with van der Waals surface area (Å²) in [6.45, 7) is -0.00414. The lowest BCUT2D eigenvalue weighted by atomic mass is 10.1. The number of anilines is 1. The van der Waals surface area contributed by atoms with Gasteiger partial charge in [-0.15, -0.1) is 0 Å². The first kappa shape index (κ1) is 15.6. The van der Waals surface area contributed by atoms with Crippen molar-refractivity contribution in [3.8, 4) is 5.75 Å². The number of hydrogen-bond donors (Lipinski definition) is 0. The standard InChI is InChI=1S/C19H13N3O5/c23-15-10-26-13-6-3-7-14-16(13)17(20-27-14)21(15)8-9-22-18(24)11-4-1-2-5-12(11)19(22)25/h1-7H,8-10H2. The molecule has 8 nitrogen and oxygen atoms in total. The van der Waals surface area contributed by atoms with Crippen molar-refractivity contribution in [2.75, 3.05) is 24.6 Å². The number of imide groups is 1. The first-order valence-corrected chi connectivity index (χ1v) is 8.42. The van der Waals surface area contributed by atoms with Crippen molar-refractivity contribution in [1.29, 1.82) is 0 Å². The van der Waals surface area contributed by atoms with Crippen molar-refractivity contribution < 1.29 is 23.6 Å². The lowest BCUT2D eigenvalue weighted by molar-refractivity contribution is -0.120. The second-order valence-electron chi connectivity index (χ2n) is 6.28. The Morgan fingerprint density at radius 2 is 1.59 bits per heavy atom. The number of hydrogen-bond acceptors (Lipinski definition) is 6. The quantitative estimate of drug-likeness (QED) is 0.660. The molecule has 5 rings (SSSR count). The molecule has 0 unspecified atom stereocenters. The molecule has 0 atom stereocenters. The number of ether oxygens (including phenoxy) is 1. The summed E-state index contributed by atoms with van der Waals surface area (Å²) < 4.78 is 10.8. The fourth-order valence-corrected chi connectivity index (χ4v) is 3.46. The molecule has 8 heteroatoms. The molecule has 2 aromatic carbocycles. The second-order valence-corrected chi connectivity index (χ2v) is 6.28. The van der Waals surface area contributed by atoms with Gasteiger partial charge < -0.3 is 9.26 Å². The molecule has 27 heavy (non-hydrogen) atoms. The molecule has 134 valence electrons. The molecule has 0 saturated carbocycles. The maximum absolute atomic E-state index is 12.5. The minimum atomic E-state index is -0.361. The van der Waals surface area contributed by atoms with Crippen LogP contribution in [0.4, 0.5) is 5.82 Å². The normalized spacial score (nSPS) is 15.9. The van der Waals surface area contributed by atoms with E-state index in [1.54, 1.807) is 42.5 Å². The number of benzene rings is 2. The summed E-state index contributed by atoms with van der Waals surface area (Å²) in [4.78, 5) is 40.1. The van der Waals surface area contributed by atoms with Gasteiger partial charge in [-0.2, -0.15) is 0 Å². The van der Waals surface area contributed by atoms with Crippen LogP contribution >= 0.6 is 0 Å². The molecule has 3 amide bonds. The van der Waals surface area contributed by atoms with E-state index in [2.05, 4.69) is 5.16 Å². The van der Waals surface area contributed by atoms with E-state index in [0.29, 0.717) is 33.7 Å². The van der Waals surface area contributed by atoms with Gasteiger partial charge in [0.25, 0.3) is 17.7 Å². The zero-order chi connectivity index (χ0) is 18.5. The van der Waals surface area contributed by atoms with Crippen LogP contribution in [0.25, 0.3) is 11.0 Å². The van der Waals surface area contributed by atoms with E-state index >= 15 is 0 Å². The first-order chi connectivity index (χ1) is 13.1. The first-order valence-electron chi connectivity index (χ1n) is 8.42. The Balaban J connectivity index is 1.45. The Morgan fingerprint density at radius 3 is 2.33 bits per heavy atom. The van der Waals surface area contributed by atoms with E-state index < -0.39 is 0 Å². The van der Waals surface area contributed by atoms with Gasteiger partial charge in [0.1, 0.15) is 11.1 Å². The summed E-state index contributed by atoms with van der Waals surface area (Å²) in [5, 5.41) is 4.60. The molecular weight excluding hydrogens is 350 g/mol. The van der Waals surface area contributed by atoms with E-state index in [9.17, 15) is 14.4 Å². The Hall–Kier alpha value is -3.68. The molecule has 0 spiro atoms. The molecule has 2 aliphatic rings. The molecule has 1 aromatic heterocycles. The molecule has 0 N–H and O–H groups in total. The SMILES string of the molecule is O=C1c2ccccc2C(=O)N1CCN1C(=O)COc2cccc3onc1c23. The van der Waals surface area contributed by atoms with Crippen LogP contribution in [0.15, 0.2) is 47.0 Å². The largest absolute Gasteiger partial charge is 0.483 e. The molecule has 0 aliphatic carbocycles. The summed E-state index contributed by atoms with van der Waals surface area (Å²) in [7, 11) is 0. The number of fused-ring (bicyclic) bond motifs is 1. The average Bonchev–Trinajstić information content (AvgIpc) is 3.17. The van der Waals surface area contributed by atoms with Crippen molar-refractivity contribution >= 4 is 34.5 Å². The predicted molar refractivity (Wildman–Crippen MR) is 93.7 cm³/mol. The fourth-order valence-electron chi connectivity index (χ4n) is 3.46. The summed E-state index contributed by atoms with van der Waals surface area (Å²) >= 11 is 0. The van der Waals surface area contributed by atoms with Gasteiger partial charge in [-0.1, -0.05) is 23.4 Å². The van der Waals surface area contributed by atoms with Gasteiger partial charge in [-0.25, -0.2) is 0 Å². The average molecular weight is 363 g/mol. The van der Waals surface area contributed by atoms with E-state index in [4.69, 9.17) is 9.26 Å². The zero-order valence-corrected chi connectivity index (χ0v) is 14.0. The molecule has 0 radical (unpaired) electrons. The second kappa shape index (κ2) is 5.66. The molecular formula is C19H13N3O5. The van der Waals surface area contributed by atoms with Crippen LogP contribution in [0.3, 0.4) is 0 Å². The number of rotatable bonds is 3. The highest BCUT2D eigenvalue weighted by atomic mass is 16.5. The van der Waals surface area contributed by atoms with Crippen molar-refractivity contribution in [3.05, 3.63) is 53.6 Å². The van der Waals surface area contributed by atoms with Crippen LogP contribution in [-0.2, 0) is 4.79 Å². The molecule has 0 fully saturated rings. The Kier molecular flexibility index (Phi) is 3.27. The van der Waals surface area contributed by atoms with Gasteiger partial charge in [0, 0.05) is 13.1 Å². The summed E-state index contributed by atoms with van der Waals surface area (Å²) in [6, 6.07) is 11.9. The van der Waals surface area contributed by atoms with Gasteiger partial charge in [-0.3, -0.25) is 24.2 Å². The van der Waals surface area contributed by atoms with Gasteiger partial charge in [0.05, 0.1) is 11.1 Å². The Labute approximate surface area is 152 Å². The maximum Gasteiger partial charge on any atom is 0.266 e. The van der Waals surface area contributed by atoms with Crippen molar-refractivity contribution in [2.45, 2.75) is 0 Å². The van der Waals surface area contributed by atoms with Crippen LogP contribution in [0.5, 0.6) is 5.75 Å². The lowest BCUT2D eigenvalue weighted by Crippen LogP contribution is -2.42. The van der Waals surface area contributed by atoms with Crippen LogP contribution in [0.2, 0.25) is 0 Å². The maximum atomic E-state index is 12.5. The molecule has 3 heterocycles. The summed E-state index contributed by atoms with van der Waals surface area (Å²) in [5.41, 5.74) is 1.26. The van der Waals surface area contributed by atoms with E-state index in [0.717, 1.165) is 4.90 Å². The van der Waals surface area contributed by atoms with Crippen molar-refractivity contribution in [3.63, 3.8) is 0 Å². The smallest absolute Gasteiger partial charge is 0.266 e. The number of amides is 3. The van der Waals surface area contributed by atoms with Gasteiger partial charge in [-0.05, 0) is 24.3 Å². The van der Waals surface area contributed by atoms with E-state index in [1.165, 1.54) is 4.90 Å². The van der Waals surface area contributed by atoms with Gasteiger partial charge in [0.2, 0.25) is 0 Å². The summed E-state index contributed by atoms with van der Waals surface area (Å²) in [5.74, 6) is -0.197. The molecule has 2 aliphatic heterocycles. The topological polar surface area (TPSA) is 93.0 Å². The Morgan fingerprint density at radius 1 is 0.889 bits per heavy atom. The minimum Gasteiger partial charge on any atom is -0.483 e.